The molecule has 1 heterocycles. The van der Waals surface area contributed by atoms with Gasteiger partial charge in [-0.1, -0.05) is 41.9 Å². The summed E-state index contributed by atoms with van der Waals surface area (Å²) in [7, 11) is 0. The van der Waals surface area contributed by atoms with Crippen LogP contribution in [0.4, 0.5) is 4.39 Å². The van der Waals surface area contributed by atoms with Gasteiger partial charge < -0.3 is 15.0 Å². The SMILES string of the molecule is Cc1ccccc1CCNCc1c(C(=O)O)c(C)n(Cc2ccc(F)cc2Cl)c1C. The third-order valence-corrected chi connectivity index (χ3v) is 5.95. The third kappa shape index (κ3) is 4.74. The lowest BCUT2D eigenvalue weighted by Gasteiger charge is -2.12. The minimum Gasteiger partial charge on any atom is -0.478 e. The highest BCUT2D eigenvalue weighted by atomic mass is 35.5. The molecule has 2 N–H and O–H groups in total. The van der Waals surface area contributed by atoms with Gasteiger partial charge in [0.25, 0.3) is 0 Å². The highest BCUT2D eigenvalue weighted by Crippen LogP contribution is 2.26. The topological polar surface area (TPSA) is 54.3 Å². The van der Waals surface area contributed by atoms with Crippen LogP contribution in [0.5, 0.6) is 0 Å². The summed E-state index contributed by atoms with van der Waals surface area (Å²) in [5, 5.41) is 13.5. The fraction of sp³-hybridized carbons (Fsp3) is 0.292. The zero-order chi connectivity index (χ0) is 21.8. The molecule has 4 nitrogen and oxygen atoms in total. The molecular formula is C24H26ClFN2O2. The van der Waals surface area contributed by atoms with Crippen molar-refractivity contribution in [2.45, 2.75) is 40.3 Å². The van der Waals surface area contributed by atoms with E-state index in [-0.39, 0.29) is 0 Å². The average Bonchev–Trinajstić information content (AvgIpc) is 2.92. The molecule has 3 rings (SSSR count). The first-order valence-corrected chi connectivity index (χ1v) is 10.3. The van der Waals surface area contributed by atoms with Gasteiger partial charge in [0.15, 0.2) is 0 Å². The van der Waals surface area contributed by atoms with Crippen LogP contribution in [0.2, 0.25) is 5.02 Å². The van der Waals surface area contributed by atoms with Crippen molar-refractivity contribution in [3.8, 4) is 0 Å². The lowest BCUT2D eigenvalue weighted by molar-refractivity contribution is 0.0694. The van der Waals surface area contributed by atoms with Crippen LogP contribution < -0.4 is 5.32 Å². The number of carboxylic acid groups (broad SMARTS) is 1. The van der Waals surface area contributed by atoms with E-state index in [2.05, 4.69) is 24.4 Å². The molecule has 0 aliphatic carbocycles. The number of carbonyl (C=O) groups is 1. The molecule has 0 aliphatic rings. The molecule has 3 aromatic rings. The number of carboxylic acids is 1. The Kier molecular flexibility index (Phi) is 6.95. The van der Waals surface area contributed by atoms with Crippen LogP contribution >= 0.6 is 11.6 Å². The molecule has 30 heavy (non-hydrogen) atoms. The summed E-state index contributed by atoms with van der Waals surface area (Å²) in [6, 6.07) is 12.5. The number of rotatable bonds is 8. The van der Waals surface area contributed by atoms with Gasteiger partial charge in [-0.25, -0.2) is 9.18 Å². The minimum atomic E-state index is -0.949. The van der Waals surface area contributed by atoms with Crippen LogP contribution in [0.1, 0.15) is 44.0 Å². The van der Waals surface area contributed by atoms with E-state index in [4.69, 9.17) is 11.6 Å². The van der Waals surface area contributed by atoms with Gasteiger partial charge in [0.1, 0.15) is 5.82 Å². The summed E-state index contributed by atoms with van der Waals surface area (Å²) in [5.41, 5.74) is 5.89. The standard InChI is InChI=1S/C24H26ClFN2O2/c1-15-6-4-5-7-18(15)10-11-27-13-21-16(2)28(17(3)23(21)24(29)30)14-19-8-9-20(26)12-22(19)25/h4-9,12,27H,10-11,13-14H2,1-3H3,(H,29,30). The number of hydrogen-bond acceptors (Lipinski definition) is 2. The van der Waals surface area contributed by atoms with Crippen molar-refractivity contribution < 1.29 is 14.3 Å². The van der Waals surface area contributed by atoms with Gasteiger partial charge in [-0.2, -0.15) is 0 Å². The number of nitrogens with zero attached hydrogens (tertiary/aromatic N) is 1. The summed E-state index contributed by atoms with van der Waals surface area (Å²) in [6.45, 7) is 7.40. The zero-order valence-corrected chi connectivity index (χ0v) is 18.2. The van der Waals surface area contributed by atoms with Crippen LogP contribution in [-0.2, 0) is 19.5 Å². The Morgan fingerprint density at radius 2 is 1.83 bits per heavy atom. The monoisotopic (exact) mass is 428 g/mol. The summed E-state index contributed by atoms with van der Waals surface area (Å²) < 4.78 is 15.3. The normalized spacial score (nSPS) is 11.1. The van der Waals surface area contributed by atoms with E-state index in [0.29, 0.717) is 29.4 Å². The van der Waals surface area contributed by atoms with Crippen molar-refractivity contribution in [1.29, 1.82) is 0 Å². The molecule has 158 valence electrons. The van der Waals surface area contributed by atoms with Crippen LogP contribution in [0, 0.1) is 26.6 Å². The molecule has 1 aromatic heterocycles. The molecule has 0 saturated heterocycles. The predicted molar refractivity (Wildman–Crippen MR) is 118 cm³/mol. The molecular weight excluding hydrogens is 403 g/mol. The van der Waals surface area contributed by atoms with E-state index in [9.17, 15) is 14.3 Å². The molecule has 2 aromatic carbocycles. The van der Waals surface area contributed by atoms with Crippen LogP contribution in [0.15, 0.2) is 42.5 Å². The van der Waals surface area contributed by atoms with Crippen molar-refractivity contribution >= 4 is 17.6 Å². The molecule has 0 bridgehead atoms. The zero-order valence-electron chi connectivity index (χ0n) is 17.4. The van der Waals surface area contributed by atoms with E-state index >= 15 is 0 Å². The largest absolute Gasteiger partial charge is 0.478 e. The molecule has 0 amide bonds. The van der Waals surface area contributed by atoms with Gasteiger partial charge in [0, 0.05) is 35.1 Å². The highest BCUT2D eigenvalue weighted by molar-refractivity contribution is 6.31. The summed E-state index contributed by atoms with van der Waals surface area (Å²) >= 11 is 6.18. The number of nitrogens with one attached hydrogen (secondary N) is 1. The fourth-order valence-electron chi connectivity index (χ4n) is 3.83. The van der Waals surface area contributed by atoms with Gasteiger partial charge in [-0.3, -0.25) is 0 Å². The van der Waals surface area contributed by atoms with Gasteiger partial charge in [-0.15, -0.1) is 0 Å². The van der Waals surface area contributed by atoms with Crippen LogP contribution in [-0.4, -0.2) is 22.2 Å². The Balaban J connectivity index is 1.79. The number of halogens is 2. The average molecular weight is 429 g/mol. The smallest absolute Gasteiger partial charge is 0.337 e. The Morgan fingerprint density at radius 3 is 2.50 bits per heavy atom. The number of benzene rings is 2. The highest BCUT2D eigenvalue weighted by Gasteiger charge is 2.22. The van der Waals surface area contributed by atoms with E-state index < -0.39 is 11.8 Å². The number of aryl methyl sites for hydroxylation is 1. The minimum absolute atomic E-state index is 0.314. The van der Waals surface area contributed by atoms with E-state index in [1.54, 1.807) is 13.0 Å². The van der Waals surface area contributed by atoms with Gasteiger partial charge in [0.05, 0.1) is 5.56 Å². The maximum absolute atomic E-state index is 13.4. The molecule has 0 unspecified atom stereocenters. The van der Waals surface area contributed by atoms with Crippen molar-refractivity contribution in [1.82, 2.24) is 9.88 Å². The Morgan fingerprint density at radius 1 is 1.10 bits per heavy atom. The number of hydrogen-bond donors (Lipinski definition) is 2. The molecule has 6 heteroatoms. The van der Waals surface area contributed by atoms with Crippen molar-refractivity contribution in [3.63, 3.8) is 0 Å². The quantitative estimate of drug-likeness (QED) is 0.479. The van der Waals surface area contributed by atoms with Crippen LogP contribution in [0.3, 0.4) is 0 Å². The van der Waals surface area contributed by atoms with Crippen molar-refractivity contribution in [3.05, 3.63) is 92.5 Å². The van der Waals surface area contributed by atoms with E-state index in [1.165, 1.54) is 23.3 Å². The second kappa shape index (κ2) is 9.45. The van der Waals surface area contributed by atoms with Gasteiger partial charge >= 0.3 is 5.97 Å². The van der Waals surface area contributed by atoms with Crippen LogP contribution in [0.25, 0.3) is 0 Å². The maximum Gasteiger partial charge on any atom is 0.337 e. The first-order valence-electron chi connectivity index (χ1n) is 9.90. The molecule has 0 atom stereocenters. The van der Waals surface area contributed by atoms with Crippen molar-refractivity contribution in [2.24, 2.45) is 0 Å². The fourth-order valence-corrected chi connectivity index (χ4v) is 4.06. The van der Waals surface area contributed by atoms with E-state index in [1.807, 2.05) is 23.6 Å². The lowest BCUT2D eigenvalue weighted by Crippen LogP contribution is -2.19. The number of aromatic carboxylic acids is 1. The van der Waals surface area contributed by atoms with E-state index in [0.717, 1.165) is 29.8 Å². The molecule has 0 fully saturated rings. The molecule has 0 radical (unpaired) electrons. The summed E-state index contributed by atoms with van der Waals surface area (Å²) in [6.07, 6.45) is 0.874. The predicted octanol–water partition coefficient (Wildman–Crippen LogP) is 5.28. The van der Waals surface area contributed by atoms with Gasteiger partial charge in [0.2, 0.25) is 0 Å². The first-order chi connectivity index (χ1) is 14.3. The summed E-state index contributed by atoms with van der Waals surface area (Å²) in [5.74, 6) is -1.34. The molecule has 0 aliphatic heterocycles. The Labute approximate surface area is 181 Å². The Hall–Kier alpha value is -2.63. The summed E-state index contributed by atoms with van der Waals surface area (Å²) in [4.78, 5) is 12.0. The second-order valence-corrected chi connectivity index (χ2v) is 7.91. The first kappa shape index (κ1) is 22.1. The lowest BCUT2D eigenvalue weighted by atomic mass is 10.1. The molecule has 0 saturated carbocycles. The Bertz CT molecular complexity index is 1080. The third-order valence-electron chi connectivity index (χ3n) is 5.60. The maximum atomic E-state index is 13.4. The van der Waals surface area contributed by atoms with Gasteiger partial charge in [-0.05, 0) is 62.6 Å². The van der Waals surface area contributed by atoms with Crippen molar-refractivity contribution in [2.75, 3.05) is 6.54 Å². The number of aromatic nitrogens is 1. The second-order valence-electron chi connectivity index (χ2n) is 7.50. The molecule has 0 spiro atoms.